The van der Waals surface area contributed by atoms with Gasteiger partial charge in [0, 0.05) is 20.6 Å². The van der Waals surface area contributed by atoms with Crippen LogP contribution in [-0.2, 0) is 6.61 Å². The molecule has 0 fully saturated rings. The Balaban J connectivity index is 2.17. The molecular weight excluding hydrogens is 370 g/mol. The number of nitrogens with two attached hydrogens (primary N) is 1. The van der Waals surface area contributed by atoms with Crippen LogP contribution in [0.1, 0.15) is 24.1 Å². The third kappa shape index (κ3) is 4.06. The first-order chi connectivity index (χ1) is 9.06. The van der Waals surface area contributed by atoms with Gasteiger partial charge in [0.15, 0.2) is 0 Å². The van der Waals surface area contributed by atoms with E-state index in [1.54, 1.807) is 0 Å². The van der Waals surface area contributed by atoms with Crippen LogP contribution in [0, 0.1) is 0 Å². The lowest BCUT2D eigenvalue weighted by Gasteiger charge is -2.14. The maximum Gasteiger partial charge on any atom is 0.125 e. The van der Waals surface area contributed by atoms with Gasteiger partial charge in [-0.15, -0.1) is 0 Å². The molecule has 2 rings (SSSR count). The SMILES string of the molecule is C[C@H](N)c1ccc(Br)cc1OCc1cccc(Br)c1. The fourth-order valence-electron chi connectivity index (χ4n) is 1.80. The van der Waals surface area contributed by atoms with Crippen molar-refractivity contribution in [3.63, 3.8) is 0 Å². The normalized spacial score (nSPS) is 12.2. The van der Waals surface area contributed by atoms with Gasteiger partial charge in [0.1, 0.15) is 12.4 Å². The second-order valence-corrected chi connectivity index (χ2v) is 6.22. The van der Waals surface area contributed by atoms with Gasteiger partial charge >= 0.3 is 0 Å². The molecule has 0 saturated carbocycles. The molecule has 100 valence electrons. The maximum absolute atomic E-state index is 5.95. The highest BCUT2D eigenvalue weighted by Gasteiger charge is 2.09. The molecule has 0 radical (unpaired) electrons. The van der Waals surface area contributed by atoms with Gasteiger partial charge in [0.05, 0.1) is 0 Å². The molecule has 4 heteroatoms. The van der Waals surface area contributed by atoms with Gasteiger partial charge in [-0.1, -0.05) is 50.1 Å². The van der Waals surface area contributed by atoms with Crippen LogP contribution in [0.4, 0.5) is 0 Å². The lowest BCUT2D eigenvalue weighted by Crippen LogP contribution is -2.08. The number of rotatable bonds is 4. The van der Waals surface area contributed by atoms with Crippen LogP contribution in [0.25, 0.3) is 0 Å². The Morgan fingerprint density at radius 2 is 1.84 bits per heavy atom. The summed E-state index contributed by atoms with van der Waals surface area (Å²) in [6, 6.07) is 13.9. The van der Waals surface area contributed by atoms with Gasteiger partial charge in [0.2, 0.25) is 0 Å². The maximum atomic E-state index is 5.95. The van der Waals surface area contributed by atoms with Gasteiger partial charge in [0.25, 0.3) is 0 Å². The fraction of sp³-hybridized carbons (Fsp3) is 0.200. The summed E-state index contributed by atoms with van der Waals surface area (Å²) >= 11 is 6.91. The van der Waals surface area contributed by atoms with Crippen LogP contribution in [-0.4, -0.2) is 0 Å². The zero-order valence-corrected chi connectivity index (χ0v) is 13.7. The zero-order chi connectivity index (χ0) is 13.8. The van der Waals surface area contributed by atoms with E-state index in [9.17, 15) is 0 Å². The molecule has 0 aliphatic carbocycles. The minimum absolute atomic E-state index is 0.0504. The topological polar surface area (TPSA) is 35.2 Å². The van der Waals surface area contributed by atoms with E-state index in [0.717, 1.165) is 25.8 Å². The molecule has 0 aliphatic heterocycles. The van der Waals surface area contributed by atoms with E-state index in [-0.39, 0.29) is 6.04 Å². The van der Waals surface area contributed by atoms with Crippen molar-refractivity contribution in [1.82, 2.24) is 0 Å². The summed E-state index contributed by atoms with van der Waals surface area (Å²) in [4.78, 5) is 0. The van der Waals surface area contributed by atoms with Crippen molar-refractivity contribution in [1.29, 1.82) is 0 Å². The summed E-state index contributed by atoms with van der Waals surface area (Å²) in [5.74, 6) is 0.823. The quantitative estimate of drug-likeness (QED) is 0.820. The average Bonchev–Trinajstić information content (AvgIpc) is 2.36. The lowest BCUT2D eigenvalue weighted by molar-refractivity contribution is 0.301. The summed E-state index contributed by atoms with van der Waals surface area (Å²) in [6.45, 7) is 2.48. The highest BCUT2D eigenvalue weighted by Crippen LogP contribution is 2.28. The van der Waals surface area contributed by atoms with Crippen molar-refractivity contribution >= 4 is 31.9 Å². The summed E-state index contributed by atoms with van der Waals surface area (Å²) < 4.78 is 7.93. The van der Waals surface area contributed by atoms with E-state index < -0.39 is 0 Å². The first kappa shape index (κ1) is 14.6. The predicted octanol–water partition coefficient (Wildman–Crippen LogP) is 4.81. The second-order valence-electron chi connectivity index (χ2n) is 4.39. The summed E-state index contributed by atoms with van der Waals surface area (Å²) in [6.07, 6.45) is 0. The number of ether oxygens (including phenoxy) is 1. The molecule has 2 N–H and O–H groups in total. The molecule has 0 amide bonds. The Morgan fingerprint density at radius 1 is 1.11 bits per heavy atom. The highest BCUT2D eigenvalue weighted by atomic mass is 79.9. The Kier molecular flexibility index (Phi) is 5.02. The molecule has 2 nitrogen and oxygen atoms in total. The largest absolute Gasteiger partial charge is 0.489 e. The Bertz CT molecular complexity index is 570. The Morgan fingerprint density at radius 3 is 2.53 bits per heavy atom. The molecule has 2 aromatic rings. The van der Waals surface area contributed by atoms with Crippen LogP contribution >= 0.6 is 31.9 Å². The number of hydrogen-bond acceptors (Lipinski definition) is 2. The fourth-order valence-corrected chi connectivity index (χ4v) is 2.58. The van der Waals surface area contributed by atoms with Crippen molar-refractivity contribution in [2.75, 3.05) is 0 Å². The highest BCUT2D eigenvalue weighted by molar-refractivity contribution is 9.10. The van der Waals surface area contributed by atoms with Crippen LogP contribution in [0.3, 0.4) is 0 Å². The molecule has 0 heterocycles. The van der Waals surface area contributed by atoms with Crippen molar-refractivity contribution in [3.05, 3.63) is 62.5 Å². The smallest absolute Gasteiger partial charge is 0.125 e. The molecule has 1 atom stereocenters. The first-order valence-electron chi connectivity index (χ1n) is 5.98. The molecule has 0 unspecified atom stereocenters. The molecule has 0 aliphatic rings. The molecule has 0 spiro atoms. The molecule has 0 saturated heterocycles. The van der Waals surface area contributed by atoms with Crippen molar-refractivity contribution in [2.45, 2.75) is 19.6 Å². The number of hydrogen-bond donors (Lipinski definition) is 1. The van der Waals surface area contributed by atoms with E-state index in [1.165, 1.54) is 0 Å². The van der Waals surface area contributed by atoms with E-state index >= 15 is 0 Å². The monoisotopic (exact) mass is 383 g/mol. The number of halogens is 2. The zero-order valence-electron chi connectivity index (χ0n) is 10.6. The molecule has 0 bridgehead atoms. The minimum Gasteiger partial charge on any atom is -0.489 e. The summed E-state index contributed by atoms with van der Waals surface area (Å²) in [7, 11) is 0. The predicted molar refractivity (Wildman–Crippen MR) is 85.2 cm³/mol. The van der Waals surface area contributed by atoms with Crippen LogP contribution < -0.4 is 10.5 Å². The Labute approximate surface area is 130 Å². The van der Waals surface area contributed by atoms with Crippen molar-refractivity contribution in [2.24, 2.45) is 5.73 Å². The number of benzene rings is 2. The van der Waals surface area contributed by atoms with E-state index in [2.05, 4.69) is 31.9 Å². The van der Waals surface area contributed by atoms with E-state index in [0.29, 0.717) is 6.61 Å². The average molecular weight is 385 g/mol. The van der Waals surface area contributed by atoms with Crippen molar-refractivity contribution < 1.29 is 4.74 Å². The summed E-state index contributed by atoms with van der Waals surface area (Å²) in [5.41, 5.74) is 8.08. The van der Waals surface area contributed by atoms with Crippen LogP contribution in [0.15, 0.2) is 51.4 Å². The van der Waals surface area contributed by atoms with Gasteiger partial charge in [-0.25, -0.2) is 0 Å². The van der Waals surface area contributed by atoms with E-state index in [4.69, 9.17) is 10.5 Å². The lowest BCUT2D eigenvalue weighted by atomic mass is 10.1. The summed E-state index contributed by atoms with van der Waals surface area (Å²) in [5, 5.41) is 0. The van der Waals surface area contributed by atoms with E-state index in [1.807, 2.05) is 49.4 Å². The molecule has 0 aromatic heterocycles. The molecular formula is C15H15Br2NO. The Hall–Kier alpha value is -0.840. The van der Waals surface area contributed by atoms with Gasteiger partial charge in [-0.3, -0.25) is 0 Å². The molecule has 19 heavy (non-hydrogen) atoms. The third-order valence-electron chi connectivity index (χ3n) is 2.75. The minimum atomic E-state index is -0.0504. The van der Waals surface area contributed by atoms with Crippen LogP contribution in [0.5, 0.6) is 5.75 Å². The second kappa shape index (κ2) is 6.55. The van der Waals surface area contributed by atoms with Gasteiger partial charge in [-0.05, 0) is 36.8 Å². The van der Waals surface area contributed by atoms with Gasteiger partial charge < -0.3 is 10.5 Å². The van der Waals surface area contributed by atoms with Crippen molar-refractivity contribution in [3.8, 4) is 5.75 Å². The van der Waals surface area contributed by atoms with Gasteiger partial charge in [-0.2, -0.15) is 0 Å². The molecule has 2 aromatic carbocycles. The first-order valence-corrected chi connectivity index (χ1v) is 7.57. The standard InChI is InChI=1S/C15H15Br2NO/c1-10(18)14-6-5-13(17)8-15(14)19-9-11-3-2-4-12(16)7-11/h2-8,10H,9,18H2,1H3/t10-/m0/s1. The van der Waals surface area contributed by atoms with Crippen LogP contribution in [0.2, 0.25) is 0 Å². The third-order valence-corrected chi connectivity index (χ3v) is 3.74.